The first kappa shape index (κ1) is 10.8. The summed E-state index contributed by atoms with van der Waals surface area (Å²) in [4.78, 5) is 0. The van der Waals surface area contributed by atoms with Gasteiger partial charge in [-0.15, -0.1) is 0 Å². The van der Waals surface area contributed by atoms with Gasteiger partial charge in [-0.3, -0.25) is 0 Å². The van der Waals surface area contributed by atoms with Gasteiger partial charge >= 0.3 is 7.12 Å². The molecule has 0 aliphatic carbocycles. The van der Waals surface area contributed by atoms with Crippen LogP contribution in [-0.2, 0) is 0 Å². The molecular weight excluding hydrogens is 179 g/mol. The van der Waals surface area contributed by atoms with E-state index in [0.717, 1.165) is 11.3 Å². The van der Waals surface area contributed by atoms with E-state index >= 15 is 0 Å². The average Bonchev–Trinajstić information content (AvgIpc) is 2.17. The molecule has 1 aromatic rings. The van der Waals surface area contributed by atoms with Crippen molar-refractivity contribution in [3.63, 3.8) is 0 Å². The molecule has 0 heterocycles. The van der Waals surface area contributed by atoms with Crippen molar-refractivity contribution in [3.8, 4) is 5.75 Å². The van der Waals surface area contributed by atoms with Gasteiger partial charge in [0.1, 0.15) is 5.75 Å². The van der Waals surface area contributed by atoms with E-state index in [9.17, 15) is 0 Å². The summed E-state index contributed by atoms with van der Waals surface area (Å²) in [5.74, 6) is 2.12. The second-order valence-corrected chi connectivity index (χ2v) is 2.77. The molecule has 0 bridgehead atoms. The summed E-state index contributed by atoms with van der Waals surface area (Å²) < 4.78 is 5.26. The van der Waals surface area contributed by atoms with E-state index < -0.39 is 7.12 Å². The summed E-state index contributed by atoms with van der Waals surface area (Å²) in [6.07, 6.45) is 1.64. The maximum absolute atomic E-state index is 8.60. The Labute approximate surface area is 83.8 Å². The number of benzene rings is 1. The standard InChI is InChI=1S/C10H13BO3/c1-2-14-10-5-3-9(4-6-10)7-8-11(12)13/h3-8,12-13H,2H2,1H3. The maximum Gasteiger partial charge on any atom is 0.480 e. The first-order valence-corrected chi connectivity index (χ1v) is 4.49. The minimum atomic E-state index is -1.40. The molecule has 74 valence electrons. The lowest BCUT2D eigenvalue weighted by Crippen LogP contribution is -2.05. The van der Waals surface area contributed by atoms with E-state index in [1.54, 1.807) is 6.08 Å². The molecule has 0 radical (unpaired) electrons. The van der Waals surface area contributed by atoms with Crippen molar-refractivity contribution >= 4 is 13.2 Å². The molecule has 2 N–H and O–H groups in total. The van der Waals surface area contributed by atoms with Crippen molar-refractivity contribution in [3.05, 3.63) is 35.8 Å². The number of rotatable bonds is 4. The molecule has 0 amide bonds. The van der Waals surface area contributed by atoms with E-state index in [0.29, 0.717) is 6.61 Å². The van der Waals surface area contributed by atoms with Crippen LogP contribution in [0.1, 0.15) is 12.5 Å². The Hall–Kier alpha value is -1.26. The fraction of sp³-hybridized carbons (Fsp3) is 0.200. The van der Waals surface area contributed by atoms with E-state index in [2.05, 4.69) is 0 Å². The molecule has 3 nitrogen and oxygen atoms in total. The highest BCUT2D eigenvalue weighted by Gasteiger charge is 1.98. The number of hydrogen-bond donors (Lipinski definition) is 2. The molecular formula is C10H13BO3. The largest absolute Gasteiger partial charge is 0.494 e. The summed E-state index contributed by atoms with van der Waals surface area (Å²) in [7, 11) is -1.40. The average molecular weight is 192 g/mol. The fourth-order valence-electron chi connectivity index (χ4n) is 1.04. The van der Waals surface area contributed by atoms with Gasteiger partial charge in [0, 0.05) is 0 Å². The molecule has 0 unspecified atom stereocenters. The van der Waals surface area contributed by atoms with E-state index in [1.807, 2.05) is 31.2 Å². The summed E-state index contributed by atoms with van der Waals surface area (Å²) >= 11 is 0. The zero-order valence-electron chi connectivity index (χ0n) is 8.05. The Balaban J connectivity index is 2.64. The van der Waals surface area contributed by atoms with Crippen molar-refractivity contribution in [1.29, 1.82) is 0 Å². The first-order chi connectivity index (χ1) is 6.72. The molecule has 0 aliphatic rings. The Morgan fingerprint density at radius 1 is 1.29 bits per heavy atom. The van der Waals surface area contributed by atoms with Crippen LogP contribution >= 0.6 is 0 Å². The van der Waals surface area contributed by atoms with Crippen LogP contribution in [0.3, 0.4) is 0 Å². The molecule has 4 heteroatoms. The Morgan fingerprint density at radius 3 is 2.43 bits per heavy atom. The molecule has 0 atom stereocenters. The van der Waals surface area contributed by atoms with Crippen LogP contribution in [-0.4, -0.2) is 23.8 Å². The SMILES string of the molecule is CCOc1ccc(C=CB(O)O)cc1. The smallest absolute Gasteiger partial charge is 0.480 e. The van der Waals surface area contributed by atoms with E-state index in [-0.39, 0.29) is 0 Å². The molecule has 0 aliphatic heterocycles. The molecule has 0 saturated carbocycles. The van der Waals surface area contributed by atoms with Gasteiger partial charge in [-0.1, -0.05) is 24.2 Å². The van der Waals surface area contributed by atoms with Gasteiger partial charge in [0.15, 0.2) is 0 Å². The molecule has 0 spiro atoms. The maximum atomic E-state index is 8.60. The van der Waals surface area contributed by atoms with Crippen LogP contribution < -0.4 is 4.74 Å². The predicted molar refractivity (Wildman–Crippen MR) is 56.8 cm³/mol. The van der Waals surface area contributed by atoms with Gasteiger partial charge in [-0.2, -0.15) is 0 Å². The molecule has 1 rings (SSSR count). The summed E-state index contributed by atoms with van der Waals surface area (Å²) in [6, 6.07) is 7.38. The molecule has 14 heavy (non-hydrogen) atoms. The minimum Gasteiger partial charge on any atom is -0.494 e. The third-order valence-electron chi connectivity index (χ3n) is 1.65. The Morgan fingerprint density at radius 2 is 1.93 bits per heavy atom. The van der Waals surface area contributed by atoms with Crippen LogP contribution in [0.15, 0.2) is 30.2 Å². The molecule has 0 aromatic heterocycles. The van der Waals surface area contributed by atoms with Gasteiger partial charge in [0.05, 0.1) is 6.61 Å². The monoisotopic (exact) mass is 192 g/mol. The van der Waals surface area contributed by atoms with Crippen molar-refractivity contribution in [2.24, 2.45) is 0 Å². The quantitative estimate of drug-likeness (QED) is 0.702. The van der Waals surface area contributed by atoms with Crippen LogP contribution in [0.2, 0.25) is 0 Å². The van der Waals surface area contributed by atoms with Gasteiger partial charge in [0.2, 0.25) is 0 Å². The lowest BCUT2D eigenvalue weighted by Gasteiger charge is -2.02. The summed E-state index contributed by atoms with van der Waals surface area (Å²) in [5, 5.41) is 17.2. The van der Waals surface area contributed by atoms with Gasteiger partial charge in [0.25, 0.3) is 0 Å². The topological polar surface area (TPSA) is 49.7 Å². The van der Waals surface area contributed by atoms with Crippen molar-refractivity contribution in [2.45, 2.75) is 6.92 Å². The van der Waals surface area contributed by atoms with Crippen molar-refractivity contribution < 1.29 is 14.8 Å². The Kier molecular flexibility index (Phi) is 4.23. The lowest BCUT2D eigenvalue weighted by molar-refractivity contribution is 0.340. The third-order valence-corrected chi connectivity index (χ3v) is 1.65. The van der Waals surface area contributed by atoms with E-state index in [1.165, 1.54) is 5.98 Å². The summed E-state index contributed by atoms with van der Waals surface area (Å²) in [5.41, 5.74) is 0.904. The van der Waals surface area contributed by atoms with Crippen molar-refractivity contribution in [2.75, 3.05) is 6.61 Å². The van der Waals surface area contributed by atoms with Crippen LogP contribution in [0.25, 0.3) is 6.08 Å². The second-order valence-electron chi connectivity index (χ2n) is 2.77. The predicted octanol–water partition coefficient (Wildman–Crippen LogP) is 1.11. The molecule has 1 aromatic carbocycles. The Bertz CT molecular complexity index is 293. The van der Waals surface area contributed by atoms with Gasteiger partial charge in [-0.25, -0.2) is 0 Å². The molecule has 0 saturated heterocycles. The van der Waals surface area contributed by atoms with Crippen LogP contribution in [0, 0.1) is 0 Å². The van der Waals surface area contributed by atoms with Crippen molar-refractivity contribution in [1.82, 2.24) is 0 Å². The van der Waals surface area contributed by atoms with Crippen LogP contribution in [0.5, 0.6) is 5.75 Å². The summed E-state index contributed by atoms with van der Waals surface area (Å²) in [6.45, 7) is 2.57. The number of hydrogen-bond acceptors (Lipinski definition) is 3. The molecule has 0 fully saturated rings. The second kappa shape index (κ2) is 5.47. The van der Waals surface area contributed by atoms with E-state index in [4.69, 9.17) is 14.8 Å². The first-order valence-electron chi connectivity index (χ1n) is 4.49. The van der Waals surface area contributed by atoms with Crippen LogP contribution in [0.4, 0.5) is 0 Å². The number of ether oxygens (including phenoxy) is 1. The normalized spacial score (nSPS) is 10.5. The van der Waals surface area contributed by atoms with Gasteiger partial charge in [-0.05, 0) is 24.6 Å². The zero-order chi connectivity index (χ0) is 10.4. The highest BCUT2D eigenvalue weighted by Crippen LogP contribution is 2.12. The van der Waals surface area contributed by atoms with Gasteiger partial charge < -0.3 is 14.8 Å². The zero-order valence-corrected chi connectivity index (χ0v) is 8.05. The minimum absolute atomic E-state index is 0.643. The highest BCUT2D eigenvalue weighted by molar-refractivity contribution is 6.48. The third kappa shape index (κ3) is 3.64. The highest BCUT2D eigenvalue weighted by atomic mass is 16.5. The fourth-order valence-corrected chi connectivity index (χ4v) is 1.04. The lowest BCUT2D eigenvalue weighted by atomic mass is 9.91.